The molecule has 8 heterocycles. The molecule has 0 saturated heterocycles. The fourth-order valence-electron chi connectivity index (χ4n) is 12.8. The van der Waals surface area contributed by atoms with Crippen molar-refractivity contribution in [2.45, 2.75) is 30.2 Å². The Kier molecular flexibility index (Phi) is 8.77. The van der Waals surface area contributed by atoms with Crippen molar-refractivity contribution in [3.8, 4) is 44.5 Å². The van der Waals surface area contributed by atoms with Crippen molar-refractivity contribution in [2.75, 3.05) is 0 Å². The monoisotopic (exact) mass is 913 g/mol. The zero-order valence-corrected chi connectivity index (χ0v) is 39.2. The van der Waals surface area contributed by atoms with Gasteiger partial charge in [-0.05, 0) is 175 Å². The van der Waals surface area contributed by atoms with Crippen LogP contribution in [0.2, 0.25) is 0 Å². The third kappa shape index (κ3) is 5.40. The van der Waals surface area contributed by atoms with E-state index in [1.54, 1.807) is 0 Å². The Balaban J connectivity index is 1.08. The van der Waals surface area contributed by atoms with Crippen LogP contribution in [0.4, 0.5) is 0 Å². The lowest BCUT2D eigenvalue weighted by Gasteiger charge is -2.38. The minimum absolute atomic E-state index is 0.866. The SMILES string of the molecule is Cc1cccc(C)c1-c1ccnc(C2(c3cccc(C4(c5cccc(C6(n7[c-][n+](C)cc7)c7cnccc7-c7ccncc76)c5)c5cnccc5-c5ccncc54)c3)c3cnccc3-c3ccncc32)c1. The van der Waals surface area contributed by atoms with E-state index in [0.29, 0.717) is 0 Å². The van der Waals surface area contributed by atoms with Crippen molar-refractivity contribution in [3.05, 3.63) is 287 Å². The predicted molar refractivity (Wildman–Crippen MR) is 272 cm³/mol. The van der Waals surface area contributed by atoms with E-state index in [4.69, 9.17) is 34.9 Å². The van der Waals surface area contributed by atoms with Gasteiger partial charge >= 0.3 is 0 Å². The van der Waals surface area contributed by atoms with Crippen LogP contribution >= 0.6 is 0 Å². The molecular weight excluding hydrogens is 871 g/mol. The first-order valence-corrected chi connectivity index (χ1v) is 23.8. The van der Waals surface area contributed by atoms with Crippen molar-refractivity contribution in [2.24, 2.45) is 7.05 Å². The second-order valence-electron chi connectivity index (χ2n) is 19.0. The first-order valence-electron chi connectivity index (χ1n) is 23.8. The van der Waals surface area contributed by atoms with Crippen LogP contribution in [0.25, 0.3) is 44.5 Å². The van der Waals surface area contributed by atoms with E-state index in [0.717, 1.165) is 100 Å². The molecule has 71 heavy (non-hydrogen) atoms. The van der Waals surface area contributed by atoms with Crippen LogP contribution in [0, 0.1) is 20.2 Å². The second kappa shape index (κ2) is 15.2. The van der Waals surface area contributed by atoms with E-state index in [-0.39, 0.29) is 0 Å². The lowest BCUT2D eigenvalue weighted by atomic mass is 9.64. The Morgan fingerprint density at radius 3 is 1.32 bits per heavy atom. The fraction of sp³-hybridized carbons (Fsp3) is 0.0968. The zero-order chi connectivity index (χ0) is 47.5. The molecular formula is C62H43N9. The molecule has 8 aromatic heterocycles. The quantitative estimate of drug-likeness (QED) is 0.116. The van der Waals surface area contributed by atoms with E-state index < -0.39 is 16.4 Å². The van der Waals surface area contributed by atoms with Crippen LogP contribution < -0.4 is 4.57 Å². The Morgan fingerprint density at radius 2 is 0.845 bits per heavy atom. The first-order chi connectivity index (χ1) is 34.9. The minimum atomic E-state index is -0.909. The van der Waals surface area contributed by atoms with Crippen molar-refractivity contribution in [1.82, 2.24) is 39.5 Å². The molecule has 14 rings (SSSR count). The molecule has 0 atom stereocenters. The Morgan fingerprint density at radius 1 is 0.437 bits per heavy atom. The number of rotatable bonds is 7. The summed E-state index contributed by atoms with van der Waals surface area (Å²) in [4.78, 5) is 34.4. The minimum Gasteiger partial charge on any atom is -0.354 e. The fourth-order valence-corrected chi connectivity index (χ4v) is 12.8. The highest BCUT2D eigenvalue weighted by Crippen LogP contribution is 2.60. The maximum Gasteiger partial charge on any atom is 0.204 e. The van der Waals surface area contributed by atoms with Gasteiger partial charge in [0.1, 0.15) is 0 Å². The van der Waals surface area contributed by atoms with Crippen molar-refractivity contribution < 1.29 is 4.57 Å². The number of pyridine rings is 7. The number of imidazole rings is 1. The number of nitrogens with zero attached hydrogens (tertiary/aromatic N) is 9. The molecule has 0 unspecified atom stereocenters. The molecule has 3 aliphatic rings. The smallest absolute Gasteiger partial charge is 0.204 e. The van der Waals surface area contributed by atoms with Gasteiger partial charge in [-0.15, -0.1) is 0 Å². The summed E-state index contributed by atoms with van der Waals surface area (Å²) in [5, 5.41) is 0. The van der Waals surface area contributed by atoms with Gasteiger partial charge in [0.15, 0.2) is 5.54 Å². The van der Waals surface area contributed by atoms with Gasteiger partial charge in [0.05, 0.1) is 23.6 Å². The highest BCUT2D eigenvalue weighted by Gasteiger charge is 2.53. The molecule has 11 aromatic rings. The van der Waals surface area contributed by atoms with Crippen LogP contribution in [0.1, 0.15) is 72.5 Å². The van der Waals surface area contributed by atoms with Gasteiger partial charge in [-0.2, -0.15) is 0 Å². The van der Waals surface area contributed by atoms with E-state index in [2.05, 4.69) is 159 Å². The molecule has 0 fully saturated rings. The van der Waals surface area contributed by atoms with Crippen molar-refractivity contribution in [3.63, 3.8) is 0 Å². The summed E-state index contributed by atoms with van der Waals surface area (Å²) in [6, 6.07) is 41.9. The molecule has 336 valence electrons. The van der Waals surface area contributed by atoms with E-state index >= 15 is 0 Å². The molecule has 9 heteroatoms. The number of benzene rings is 3. The number of hydrogen-bond donors (Lipinski definition) is 0. The first kappa shape index (κ1) is 40.9. The molecule has 3 aromatic carbocycles. The lowest BCUT2D eigenvalue weighted by Crippen LogP contribution is -2.38. The molecule has 3 aliphatic carbocycles. The Hall–Kier alpha value is -9.08. The Bertz CT molecular complexity index is 3830. The normalized spacial score (nSPS) is 14.7. The van der Waals surface area contributed by atoms with Crippen LogP contribution in [0.15, 0.2) is 208 Å². The predicted octanol–water partition coefficient (Wildman–Crippen LogP) is 10.7. The van der Waals surface area contributed by atoms with Gasteiger partial charge in [0.25, 0.3) is 0 Å². The maximum atomic E-state index is 5.37. The maximum absolute atomic E-state index is 5.37. The van der Waals surface area contributed by atoms with Crippen LogP contribution in [-0.4, -0.2) is 39.5 Å². The topological polar surface area (TPSA) is 99.0 Å². The number of fused-ring (bicyclic) bond motifs is 9. The van der Waals surface area contributed by atoms with Gasteiger partial charge in [0.2, 0.25) is 6.33 Å². The molecule has 0 aliphatic heterocycles. The van der Waals surface area contributed by atoms with Gasteiger partial charge in [-0.3, -0.25) is 34.9 Å². The van der Waals surface area contributed by atoms with E-state index in [9.17, 15) is 0 Å². The molecule has 0 N–H and O–H groups in total. The summed E-state index contributed by atoms with van der Waals surface area (Å²) in [5.74, 6) is 0. The third-order valence-corrected chi connectivity index (χ3v) is 15.6. The molecule has 0 radical (unpaired) electrons. The van der Waals surface area contributed by atoms with Crippen molar-refractivity contribution in [1.29, 1.82) is 0 Å². The zero-order valence-electron chi connectivity index (χ0n) is 39.2. The summed E-state index contributed by atoms with van der Waals surface area (Å²) in [6.07, 6.45) is 33.2. The summed E-state index contributed by atoms with van der Waals surface area (Å²) in [5.41, 5.74) is 20.2. The van der Waals surface area contributed by atoms with E-state index in [1.807, 2.05) is 86.0 Å². The van der Waals surface area contributed by atoms with Crippen LogP contribution in [-0.2, 0) is 23.4 Å². The highest BCUT2D eigenvalue weighted by atomic mass is 15.2. The lowest BCUT2D eigenvalue weighted by molar-refractivity contribution is -0.675. The largest absolute Gasteiger partial charge is 0.354 e. The van der Waals surface area contributed by atoms with Gasteiger partial charge in [-0.25, -0.2) is 0 Å². The van der Waals surface area contributed by atoms with Gasteiger partial charge in [0, 0.05) is 97.2 Å². The van der Waals surface area contributed by atoms with Crippen LogP contribution in [0.3, 0.4) is 0 Å². The average molecular weight is 914 g/mol. The number of aryl methyl sites for hydroxylation is 3. The van der Waals surface area contributed by atoms with Gasteiger partial charge < -0.3 is 9.13 Å². The molecule has 0 bridgehead atoms. The highest BCUT2D eigenvalue weighted by molar-refractivity contribution is 5.89. The summed E-state index contributed by atoms with van der Waals surface area (Å²) in [6.45, 7) is 4.36. The number of aromatic nitrogens is 9. The van der Waals surface area contributed by atoms with E-state index in [1.165, 1.54) is 16.7 Å². The summed E-state index contributed by atoms with van der Waals surface area (Å²) in [7, 11) is 2.01. The third-order valence-electron chi connectivity index (χ3n) is 15.6. The summed E-state index contributed by atoms with van der Waals surface area (Å²) < 4.78 is 4.16. The van der Waals surface area contributed by atoms with Crippen molar-refractivity contribution >= 4 is 0 Å². The van der Waals surface area contributed by atoms with Crippen LogP contribution in [0.5, 0.6) is 0 Å². The number of hydrogen-bond acceptors (Lipinski definition) is 7. The average Bonchev–Trinajstić information content (AvgIpc) is 4.17. The molecule has 0 amide bonds. The molecule has 0 saturated carbocycles. The summed E-state index contributed by atoms with van der Waals surface area (Å²) >= 11 is 0. The second-order valence-corrected chi connectivity index (χ2v) is 19.0. The Labute approximate surface area is 411 Å². The molecule has 0 spiro atoms. The molecule has 9 nitrogen and oxygen atoms in total. The standard InChI is InChI=1S/C62H43N9/c1-39-7-4-8-40(2)59(39)41-13-26-69-58(29-41)61(54-34-65-22-16-48(54)49-17-23-66-35-55(49)61)44-11-5-9-42(30-44)60(52-32-63-20-14-46(52)47-15-21-64-33-53(47)60)43-10-6-12-45(31-43)62(71-28-27-70(3)38-71)56-36-67-24-18-50(56)51-19-25-68-37-57(51)62/h4-37H,1-3H3. The van der Waals surface area contributed by atoms with Gasteiger partial charge in [-0.1, -0.05) is 60.7 Å².